The molecule has 196 valence electrons. The molecule has 0 unspecified atom stereocenters. The number of ether oxygens (including phenoxy) is 1. The molecular weight excluding hydrogens is 432 g/mol. The van der Waals surface area contributed by atoms with Gasteiger partial charge in [0, 0.05) is 0 Å². The fraction of sp³-hybridized carbons (Fsp3) is 0.964. The quantitative estimate of drug-likeness (QED) is 0.450. The van der Waals surface area contributed by atoms with Crippen LogP contribution in [0.5, 0.6) is 0 Å². The Morgan fingerprint density at radius 2 is 1.56 bits per heavy atom. The first-order chi connectivity index (χ1) is 15.8. The van der Waals surface area contributed by atoms with Crippen LogP contribution in [0.2, 0.25) is 0 Å². The van der Waals surface area contributed by atoms with E-state index in [1.165, 1.54) is 0 Å². The van der Waals surface area contributed by atoms with Crippen LogP contribution in [-0.4, -0.2) is 57.4 Å². The minimum absolute atomic E-state index is 0.00827. The largest absolute Gasteiger partial charge is 0.465 e. The van der Waals surface area contributed by atoms with E-state index in [4.69, 9.17) is 4.74 Å². The highest BCUT2D eigenvalue weighted by Crippen LogP contribution is 2.66. The van der Waals surface area contributed by atoms with Crippen molar-refractivity contribution in [2.45, 2.75) is 104 Å². The fourth-order valence-electron chi connectivity index (χ4n) is 8.95. The van der Waals surface area contributed by atoms with Crippen LogP contribution in [0.25, 0.3) is 0 Å². The van der Waals surface area contributed by atoms with Gasteiger partial charge in [-0.2, -0.15) is 0 Å². The zero-order valence-electron chi connectivity index (χ0n) is 22.0. The van der Waals surface area contributed by atoms with Gasteiger partial charge in [-0.25, -0.2) is 0 Å². The number of fused-ring (bicyclic) bond motifs is 5. The molecule has 1 aliphatic heterocycles. The third kappa shape index (κ3) is 4.05. The number of aliphatic hydroxyl groups is 4. The third-order valence-electron chi connectivity index (χ3n) is 11.5. The second-order valence-corrected chi connectivity index (χ2v) is 13.3. The summed E-state index contributed by atoms with van der Waals surface area (Å²) in [6.07, 6.45) is 1.61. The molecule has 0 aromatic rings. The van der Waals surface area contributed by atoms with Crippen molar-refractivity contribution in [1.82, 2.24) is 0 Å². The molecule has 6 heteroatoms. The molecule has 34 heavy (non-hydrogen) atoms. The first-order valence-electron chi connectivity index (χ1n) is 13.7. The van der Waals surface area contributed by atoms with E-state index in [0.717, 1.165) is 25.7 Å². The predicted molar refractivity (Wildman–Crippen MR) is 130 cm³/mol. The van der Waals surface area contributed by atoms with Crippen LogP contribution in [0.1, 0.15) is 80.1 Å². The third-order valence-corrected chi connectivity index (χ3v) is 11.5. The summed E-state index contributed by atoms with van der Waals surface area (Å²) >= 11 is 0. The molecule has 4 aliphatic rings. The number of cyclic esters (lactones) is 1. The average Bonchev–Trinajstić information content (AvgIpc) is 3.09. The summed E-state index contributed by atoms with van der Waals surface area (Å²) in [6.45, 7) is 13.2. The van der Waals surface area contributed by atoms with Crippen LogP contribution in [0, 0.1) is 58.2 Å². The highest BCUT2D eigenvalue weighted by atomic mass is 16.5. The van der Waals surface area contributed by atoms with Crippen molar-refractivity contribution in [1.29, 1.82) is 0 Å². The summed E-state index contributed by atoms with van der Waals surface area (Å²) in [5, 5.41) is 42.9. The summed E-state index contributed by atoms with van der Waals surface area (Å²) in [5.41, 5.74) is -0.345. The average molecular weight is 481 g/mol. The van der Waals surface area contributed by atoms with E-state index < -0.39 is 24.4 Å². The van der Waals surface area contributed by atoms with Crippen LogP contribution >= 0.6 is 0 Å². The summed E-state index contributed by atoms with van der Waals surface area (Å²) in [4.78, 5) is 13.0. The summed E-state index contributed by atoms with van der Waals surface area (Å²) < 4.78 is 5.86. The molecule has 4 rings (SSSR count). The minimum atomic E-state index is -0.867. The molecule has 3 aliphatic carbocycles. The van der Waals surface area contributed by atoms with Crippen molar-refractivity contribution >= 4 is 5.97 Å². The van der Waals surface area contributed by atoms with Crippen LogP contribution in [0.3, 0.4) is 0 Å². The Balaban J connectivity index is 1.58. The van der Waals surface area contributed by atoms with Crippen molar-refractivity contribution in [2.24, 2.45) is 58.2 Å². The SMILES string of the molecule is CC(C)[C@H](C)[C@@H](O)[C@H](O)[C@@H](C)[C@H]1CC[C@@H]2[C@H]3COC(=O)[C@H]4C[C@H](O)[C@H](O)C[C@]4(C)[C@H]3CC[C@]12C. The normalized spacial score (nSPS) is 48.1. The van der Waals surface area contributed by atoms with Gasteiger partial charge < -0.3 is 25.2 Å². The Hall–Kier alpha value is -0.690. The second-order valence-electron chi connectivity index (χ2n) is 13.3. The summed E-state index contributed by atoms with van der Waals surface area (Å²) in [7, 11) is 0. The van der Waals surface area contributed by atoms with E-state index in [1.54, 1.807) is 0 Å². The van der Waals surface area contributed by atoms with E-state index in [-0.39, 0.29) is 52.8 Å². The fourth-order valence-corrected chi connectivity index (χ4v) is 8.95. The molecule has 0 aromatic carbocycles. The molecule has 13 atom stereocenters. The van der Waals surface area contributed by atoms with Crippen LogP contribution in [0.4, 0.5) is 0 Å². The van der Waals surface area contributed by atoms with Gasteiger partial charge in [-0.3, -0.25) is 4.79 Å². The van der Waals surface area contributed by atoms with E-state index in [1.807, 2.05) is 6.92 Å². The minimum Gasteiger partial charge on any atom is -0.465 e. The molecule has 0 aromatic heterocycles. The molecule has 4 fully saturated rings. The van der Waals surface area contributed by atoms with Gasteiger partial charge in [0.15, 0.2) is 0 Å². The number of carbonyl (C=O) groups is 1. The molecular formula is C28H48O6. The smallest absolute Gasteiger partial charge is 0.309 e. The monoisotopic (exact) mass is 480 g/mol. The first-order valence-corrected chi connectivity index (χ1v) is 13.7. The Bertz CT molecular complexity index is 755. The zero-order valence-corrected chi connectivity index (χ0v) is 22.0. The maximum atomic E-state index is 13.0. The lowest BCUT2D eigenvalue weighted by molar-refractivity contribution is -0.162. The Morgan fingerprint density at radius 1 is 0.912 bits per heavy atom. The number of carbonyl (C=O) groups excluding carboxylic acids is 1. The van der Waals surface area contributed by atoms with Crippen LogP contribution < -0.4 is 0 Å². The number of esters is 1. The molecule has 1 saturated heterocycles. The maximum Gasteiger partial charge on any atom is 0.309 e. The van der Waals surface area contributed by atoms with E-state index in [0.29, 0.717) is 30.8 Å². The lowest BCUT2D eigenvalue weighted by Crippen LogP contribution is -2.55. The summed E-state index contributed by atoms with van der Waals surface area (Å²) in [6, 6.07) is 0. The van der Waals surface area contributed by atoms with Gasteiger partial charge in [-0.05, 0) is 90.8 Å². The highest BCUT2D eigenvalue weighted by Gasteiger charge is 2.63. The standard InChI is InChI=1S/C28H48O6/c1-14(2)15(3)24(31)25(32)16(4)18-7-8-19-17-13-34-26(33)21-11-22(29)23(30)12-28(21,6)20(17)9-10-27(18,19)5/h14-25,29-32H,7-13H2,1-6H3/t15-,16-,17+,18+,19+,20-,21+,22-,23+,24+,25+,27+,28+/m0/s1. The van der Waals surface area contributed by atoms with Crippen molar-refractivity contribution < 1.29 is 30.0 Å². The first kappa shape index (κ1) is 26.4. The molecule has 3 saturated carbocycles. The highest BCUT2D eigenvalue weighted by molar-refractivity contribution is 5.74. The Kier molecular flexibility index (Phi) is 7.23. The van der Waals surface area contributed by atoms with E-state index in [2.05, 4.69) is 34.6 Å². The van der Waals surface area contributed by atoms with Crippen LogP contribution in [-0.2, 0) is 9.53 Å². The van der Waals surface area contributed by atoms with Crippen molar-refractivity contribution in [3.63, 3.8) is 0 Å². The van der Waals surface area contributed by atoms with E-state index in [9.17, 15) is 25.2 Å². The molecule has 0 bridgehead atoms. The Labute approximate surface area is 205 Å². The number of hydrogen-bond donors (Lipinski definition) is 4. The van der Waals surface area contributed by atoms with E-state index >= 15 is 0 Å². The molecule has 4 N–H and O–H groups in total. The lowest BCUT2D eigenvalue weighted by Gasteiger charge is -2.56. The van der Waals surface area contributed by atoms with Crippen LogP contribution in [0.15, 0.2) is 0 Å². The number of hydrogen-bond acceptors (Lipinski definition) is 6. The van der Waals surface area contributed by atoms with Gasteiger partial charge in [0.25, 0.3) is 0 Å². The van der Waals surface area contributed by atoms with Gasteiger partial charge in [-0.1, -0.05) is 41.5 Å². The van der Waals surface area contributed by atoms with Crippen molar-refractivity contribution in [3.8, 4) is 0 Å². The molecule has 1 heterocycles. The second kappa shape index (κ2) is 9.32. The maximum absolute atomic E-state index is 13.0. The lowest BCUT2D eigenvalue weighted by atomic mass is 9.48. The molecule has 0 spiro atoms. The topological polar surface area (TPSA) is 107 Å². The molecule has 6 nitrogen and oxygen atoms in total. The van der Waals surface area contributed by atoms with Crippen molar-refractivity contribution in [2.75, 3.05) is 6.61 Å². The van der Waals surface area contributed by atoms with Gasteiger partial charge in [0.2, 0.25) is 0 Å². The zero-order chi connectivity index (χ0) is 25.2. The molecule has 0 amide bonds. The van der Waals surface area contributed by atoms with Gasteiger partial charge in [-0.15, -0.1) is 0 Å². The van der Waals surface area contributed by atoms with Gasteiger partial charge >= 0.3 is 5.97 Å². The van der Waals surface area contributed by atoms with Gasteiger partial charge in [0.05, 0.1) is 36.9 Å². The molecule has 0 radical (unpaired) electrons. The summed E-state index contributed by atoms with van der Waals surface area (Å²) in [5.74, 6) is 0.948. The predicted octanol–water partition coefficient (Wildman–Crippen LogP) is 3.39. The number of rotatable bonds is 5. The van der Waals surface area contributed by atoms with Gasteiger partial charge in [0.1, 0.15) is 0 Å². The van der Waals surface area contributed by atoms with Crippen molar-refractivity contribution in [3.05, 3.63) is 0 Å². The number of aliphatic hydroxyl groups excluding tert-OH is 4. The Morgan fingerprint density at radius 3 is 2.21 bits per heavy atom.